The molecule has 2 aliphatic heterocycles. The van der Waals surface area contributed by atoms with E-state index in [-0.39, 0.29) is 28.2 Å². The average molecular weight is 566 g/mol. The van der Waals surface area contributed by atoms with Crippen molar-refractivity contribution in [2.75, 3.05) is 50.2 Å². The van der Waals surface area contributed by atoms with Gasteiger partial charge in [-0.2, -0.15) is 0 Å². The molecule has 0 radical (unpaired) electrons. The number of aryl methyl sites for hydroxylation is 1. The van der Waals surface area contributed by atoms with Gasteiger partial charge in [-0.3, -0.25) is 14.0 Å². The molecule has 1 amide bonds. The number of piperazine rings is 1. The number of fused-ring (bicyclic) bond motifs is 1. The van der Waals surface area contributed by atoms with Gasteiger partial charge in [0.05, 0.1) is 15.6 Å². The van der Waals surface area contributed by atoms with Gasteiger partial charge in [-0.05, 0) is 48.2 Å². The standard InChI is InChI=1S/C30H32ClN3O4S/c31-27-22-26(39(36,37)34-17-7-12-25-11-4-5-13-28(25)34)14-15-29(27)38-23-30(35)33-20-18-32(19-21-33)16-6-10-24-8-2-1-3-9-24/h1-6,8-11,13-15,22H,7,12,16-21,23H2/b10-6+. The number of hydrogen-bond donors (Lipinski definition) is 0. The van der Waals surface area contributed by atoms with Gasteiger partial charge >= 0.3 is 0 Å². The van der Waals surface area contributed by atoms with Crippen molar-refractivity contribution < 1.29 is 17.9 Å². The molecule has 0 N–H and O–H groups in total. The molecular formula is C30H32ClN3O4S. The molecule has 9 heteroatoms. The minimum Gasteiger partial charge on any atom is -0.482 e. The molecule has 3 aromatic rings. The number of carbonyl (C=O) groups excluding carboxylic acids is 1. The predicted molar refractivity (Wildman–Crippen MR) is 155 cm³/mol. The number of nitrogens with zero attached hydrogens (tertiary/aromatic N) is 3. The quantitative estimate of drug-likeness (QED) is 0.395. The molecule has 204 valence electrons. The molecule has 0 saturated carbocycles. The lowest BCUT2D eigenvalue weighted by atomic mass is 10.0. The normalized spacial score (nSPS) is 16.3. The summed E-state index contributed by atoms with van der Waals surface area (Å²) in [6, 6.07) is 22.1. The molecule has 1 saturated heterocycles. The van der Waals surface area contributed by atoms with Crippen LogP contribution in [0.25, 0.3) is 6.08 Å². The van der Waals surface area contributed by atoms with Crippen LogP contribution in [0.5, 0.6) is 5.75 Å². The number of anilines is 1. The first kappa shape index (κ1) is 27.2. The number of ether oxygens (including phenoxy) is 1. The van der Waals surface area contributed by atoms with E-state index in [0.29, 0.717) is 25.3 Å². The van der Waals surface area contributed by atoms with E-state index >= 15 is 0 Å². The summed E-state index contributed by atoms with van der Waals surface area (Å²) < 4.78 is 34.0. The molecule has 1 fully saturated rings. The van der Waals surface area contributed by atoms with Crippen LogP contribution < -0.4 is 9.04 Å². The molecule has 5 rings (SSSR count). The van der Waals surface area contributed by atoms with Gasteiger partial charge in [0.25, 0.3) is 15.9 Å². The van der Waals surface area contributed by atoms with E-state index in [9.17, 15) is 13.2 Å². The van der Waals surface area contributed by atoms with Gasteiger partial charge < -0.3 is 9.64 Å². The van der Waals surface area contributed by atoms with Crippen molar-refractivity contribution in [1.29, 1.82) is 0 Å². The Morgan fingerprint density at radius 1 is 0.923 bits per heavy atom. The maximum absolute atomic E-state index is 13.4. The molecule has 3 aromatic carbocycles. The molecule has 0 aliphatic carbocycles. The molecule has 2 aliphatic rings. The summed E-state index contributed by atoms with van der Waals surface area (Å²) in [5.74, 6) is 0.167. The Morgan fingerprint density at radius 2 is 1.67 bits per heavy atom. The lowest BCUT2D eigenvalue weighted by Gasteiger charge is -2.34. The third-order valence-electron chi connectivity index (χ3n) is 7.11. The van der Waals surface area contributed by atoms with E-state index < -0.39 is 10.0 Å². The Hall–Kier alpha value is -3.33. The molecule has 0 atom stereocenters. The summed E-state index contributed by atoms with van der Waals surface area (Å²) in [5.41, 5.74) is 2.89. The monoisotopic (exact) mass is 565 g/mol. The summed E-state index contributed by atoms with van der Waals surface area (Å²) in [5, 5.41) is 0.157. The van der Waals surface area contributed by atoms with Crippen molar-refractivity contribution in [3.05, 3.63) is 95.0 Å². The van der Waals surface area contributed by atoms with Gasteiger partial charge in [-0.15, -0.1) is 0 Å². The highest BCUT2D eigenvalue weighted by atomic mass is 35.5. The van der Waals surface area contributed by atoms with E-state index in [2.05, 4.69) is 29.2 Å². The third kappa shape index (κ3) is 6.46. The number of sulfonamides is 1. The number of rotatable bonds is 8. The maximum atomic E-state index is 13.4. The molecule has 0 unspecified atom stereocenters. The van der Waals surface area contributed by atoms with Crippen molar-refractivity contribution >= 4 is 39.3 Å². The zero-order chi connectivity index (χ0) is 27.2. The van der Waals surface area contributed by atoms with Gasteiger partial charge in [0.15, 0.2) is 6.61 Å². The Labute approximate surface area is 235 Å². The predicted octanol–water partition coefficient (Wildman–Crippen LogP) is 4.72. The topological polar surface area (TPSA) is 70.2 Å². The van der Waals surface area contributed by atoms with E-state index in [4.69, 9.17) is 16.3 Å². The van der Waals surface area contributed by atoms with E-state index in [0.717, 1.165) is 38.0 Å². The molecular weight excluding hydrogens is 534 g/mol. The Bertz CT molecular complexity index is 1440. The van der Waals surface area contributed by atoms with E-state index in [1.54, 1.807) is 4.90 Å². The van der Waals surface area contributed by atoms with Crippen LogP contribution in [0.2, 0.25) is 5.02 Å². The zero-order valence-electron chi connectivity index (χ0n) is 21.7. The molecule has 2 heterocycles. The van der Waals surface area contributed by atoms with Crippen LogP contribution >= 0.6 is 11.6 Å². The first-order valence-electron chi connectivity index (χ1n) is 13.2. The summed E-state index contributed by atoms with van der Waals surface area (Å²) in [4.78, 5) is 17.0. The fourth-order valence-corrected chi connectivity index (χ4v) is 6.82. The van der Waals surface area contributed by atoms with E-state index in [1.165, 1.54) is 28.1 Å². The zero-order valence-corrected chi connectivity index (χ0v) is 23.3. The lowest BCUT2D eigenvalue weighted by Crippen LogP contribution is -2.49. The Kier molecular flexibility index (Phi) is 8.55. The van der Waals surface area contributed by atoms with Crippen LogP contribution in [-0.2, 0) is 21.2 Å². The smallest absolute Gasteiger partial charge is 0.264 e. The lowest BCUT2D eigenvalue weighted by molar-refractivity contribution is -0.135. The van der Waals surface area contributed by atoms with Crippen molar-refractivity contribution in [2.45, 2.75) is 17.7 Å². The van der Waals surface area contributed by atoms with Crippen molar-refractivity contribution in [3.63, 3.8) is 0 Å². The van der Waals surface area contributed by atoms with Crippen LogP contribution in [0.1, 0.15) is 17.5 Å². The highest BCUT2D eigenvalue weighted by Gasteiger charge is 2.29. The maximum Gasteiger partial charge on any atom is 0.264 e. The van der Waals surface area contributed by atoms with Crippen LogP contribution in [-0.4, -0.2) is 70.0 Å². The van der Waals surface area contributed by atoms with Crippen molar-refractivity contribution in [3.8, 4) is 5.75 Å². The SMILES string of the molecule is O=C(COc1ccc(S(=O)(=O)N2CCCc3ccccc32)cc1Cl)N1CCN(C/C=C/c2ccccc2)CC1. The highest BCUT2D eigenvalue weighted by molar-refractivity contribution is 7.92. The average Bonchev–Trinajstić information content (AvgIpc) is 2.97. The number of halogens is 1. The van der Waals surface area contributed by atoms with Crippen LogP contribution in [0.3, 0.4) is 0 Å². The number of amides is 1. The fraction of sp³-hybridized carbons (Fsp3) is 0.300. The first-order chi connectivity index (χ1) is 18.9. The number of para-hydroxylation sites is 1. The number of hydrogen-bond acceptors (Lipinski definition) is 5. The van der Waals surface area contributed by atoms with Crippen LogP contribution in [0.15, 0.2) is 83.8 Å². The first-order valence-corrected chi connectivity index (χ1v) is 15.0. The number of carbonyl (C=O) groups is 1. The van der Waals surface area contributed by atoms with Gasteiger partial charge in [0.1, 0.15) is 5.75 Å². The molecule has 0 spiro atoms. The highest BCUT2D eigenvalue weighted by Crippen LogP contribution is 2.34. The Balaban J connectivity index is 1.13. The third-order valence-corrected chi connectivity index (χ3v) is 9.21. The second kappa shape index (κ2) is 12.2. The van der Waals surface area contributed by atoms with Gasteiger partial charge in [0, 0.05) is 39.3 Å². The van der Waals surface area contributed by atoms with Crippen LogP contribution in [0, 0.1) is 0 Å². The summed E-state index contributed by atoms with van der Waals surface area (Å²) in [7, 11) is -3.78. The minimum absolute atomic E-state index is 0.0975. The molecule has 0 aromatic heterocycles. The fourth-order valence-electron chi connectivity index (χ4n) is 4.95. The second-order valence-corrected chi connectivity index (χ2v) is 12.0. The summed E-state index contributed by atoms with van der Waals surface area (Å²) in [6.07, 6.45) is 5.86. The molecule has 39 heavy (non-hydrogen) atoms. The minimum atomic E-state index is -3.78. The van der Waals surface area contributed by atoms with Crippen molar-refractivity contribution in [2.24, 2.45) is 0 Å². The molecule has 0 bridgehead atoms. The van der Waals surface area contributed by atoms with Gasteiger partial charge in [-0.25, -0.2) is 8.42 Å². The summed E-state index contributed by atoms with van der Waals surface area (Å²) >= 11 is 6.41. The second-order valence-electron chi connectivity index (χ2n) is 9.68. The van der Waals surface area contributed by atoms with Crippen LogP contribution in [0.4, 0.5) is 5.69 Å². The van der Waals surface area contributed by atoms with Gasteiger partial charge in [-0.1, -0.05) is 72.3 Å². The van der Waals surface area contributed by atoms with Gasteiger partial charge in [0.2, 0.25) is 0 Å². The number of benzene rings is 3. The largest absolute Gasteiger partial charge is 0.482 e. The van der Waals surface area contributed by atoms with E-state index in [1.807, 2.05) is 42.5 Å². The molecule has 7 nitrogen and oxygen atoms in total. The summed E-state index contributed by atoms with van der Waals surface area (Å²) in [6.45, 7) is 3.93. The Morgan fingerprint density at radius 3 is 2.44 bits per heavy atom. The van der Waals surface area contributed by atoms with Crippen molar-refractivity contribution in [1.82, 2.24) is 9.80 Å².